The van der Waals surface area contributed by atoms with Gasteiger partial charge in [0.2, 0.25) is 0 Å². The minimum Gasteiger partial charge on any atom is -0.460 e. The molecule has 0 spiro atoms. The molecule has 19 heavy (non-hydrogen) atoms. The first-order valence-electron chi connectivity index (χ1n) is 6.68. The molecule has 0 amide bonds. The number of hydrogen-bond acceptors (Lipinski definition) is 3. The molecule has 3 rings (SSSR count). The fourth-order valence-electron chi connectivity index (χ4n) is 2.73. The molecule has 0 bridgehead atoms. The minimum absolute atomic E-state index is 0. The maximum atomic E-state index is 6.05. The number of fused-ring (bicyclic) bond motifs is 1. The Labute approximate surface area is 120 Å². The molecule has 1 aromatic heterocycles. The van der Waals surface area contributed by atoms with Crippen molar-refractivity contribution in [1.82, 2.24) is 4.90 Å². The number of benzene rings is 1. The fourth-order valence-corrected chi connectivity index (χ4v) is 2.73. The first-order valence-corrected chi connectivity index (χ1v) is 6.68. The molecule has 0 radical (unpaired) electrons. The van der Waals surface area contributed by atoms with Gasteiger partial charge in [-0.05, 0) is 24.5 Å². The standard InChI is InChI=1S/C15H20N2O.ClH/c1-11-9-17(7-6-14(11)16)10-13-8-12-4-2-3-5-15(12)18-13;/h2-5,8,11,14H,6-7,9-10,16H2,1H3;1H. The van der Waals surface area contributed by atoms with Crippen molar-refractivity contribution in [3.05, 3.63) is 36.1 Å². The van der Waals surface area contributed by atoms with Crippen molar-refractivity contribution in [2.75, 3.05) is 13.1 Å². The zero-order valence-corrected chi connectivity index (χ0v) is 12.0. The summed E-state index contributed by atoms with van der Waals surface area (Å²) in [4.78, 5) is 2.44. The van der Waals surface area contributed by atoms with Gasteiger partial charge in [0.15, 0.2) is 0 Å². The van der Waals surface area contributed by atoms with Crippen LogP contribution in [0.5, 0.6) is 0 Å². The first-order chi connectivity index (χ1) is 8.72. The lowest BCUT2D eigenvalue weighted by Gasteiger charge is -2.34. The van der Waals surface area contributed by atoms with Crippen molar-refractivity contribution < 1.29 is 4.42 Å². The van der Waals surface area contributed by atoms with Crippen LogP contribution in [0.4, 0.5) is 0 Å². The van der Waals surface area contributed by atoms with Crippen molar-refractivity contribution >= 4 is 23.4 Å². The quantitative estimate of drug-likeness (QED) is 0.919. The molecule has 2 heterocycles. The third-order valence-electron chi connectivity index (χ3n) is 3.91. The van der Waals surface area contributed by atoms with Crippen molar-refractivity contribution in [3.8, 4) is 0 Å². The molecule has 1 aromatic carbocycles. The van der Waals surface area contributed by atoms with Crippen molar-refractivity contribution in [3.63, 3.8) is 0 Å². The monoisotopic (exact) mass is 280 g/mol. The largest absolute Gasteiger partial charge is 0.460 e. The van der Waals surface area contributed by atoms with E-state index in [1.807, 2.05) is 18.2 Å². The highest BCUT2D eigenvalue weighted by Crippen LogP contribution is 2.22. The van der Waals surface area contributed by atoms with Crippen LogP contribution in [0.1, 0.15) is 19.1 Å². The van der Waals surface area contributed by atoms with Gasteiger partial charge in [0.1, 0.15) is 11.3 Å². The van der Waals surface area contributed by atoms with Crippen LogP contribution < -0.4 is 5.73 Å². The molecule has 1 saturated heterocycles. The summed E-state index contributed by atoms with van der Waals surface area (Å²) in [5, 5.41) is 1.19. The van der Waals surface area contributed by atoms with E-state index in [2.05, 4.69) is 24.0 Å². The van der Waals surface area contributed by atoms with Gasteiger partial charge in [0, 0.05) is 24.5 Å². The van der Waals surface area contributed by atoms with Crippen LogP contribution in [0.15, 0.2) is 34.7 Å². The van der Waals surface area contributed by atoms with Gasteiger partial charge in [-0.15, -0.1) is 12.4 Å². The molecule has 0 saturated carbocycles. The third kappa shape index (κ3) is 3.11. The van der Waals surface area contributed by atoms with Gasteiger partial charge in [0.05, 0.1) is 6.54 Å². The van der Waals surface area contributed by atoms with Crippen molar-refractivity contribution in [2.45, 2.75) is 25.9 Å². The van der Waals surface area contributed by atoms with Crippen LogP contribution >= 0.6 is 12.4 Å². The van der Waals surface area contributed by atoms with Crippen LogP contribution in [0.2, 0.25) is 0 Å². The van der Waals surface area contributed by atoms with Gasteiger partial charge in [-0.25, -0.2) is 0 Å². The molecular formula is C15H21ClN2O. The Morgan fingerprint density at radius 3 is 2.89 bits per heavy atom. The number of rotatable bonds is 2. The molecule has 2 unspecified atom stereocenters. The molecule has 1 aliphatic heterocycles. The van der Waals surface area contributed by atoms with E-state index in [1.165, 1.54) is 5.39 Å². The van der Waals surface area contributed by atoms with Crippen molar-refractivity contribution in [1.29, 1.82) is 0 Å². The average molecular weight is 281 g/mol. The predicted octanol–water partition coefficient (Wildman–Crippen LogP) is 3.02. The lowest BCUT2D eigenvalue weighted by atomic mass is 9.95. The third-order valence-corrected chi connectivity index (χ3v) is 3.91. The normalized spacial score (nSPS) is 24.3. The summed E-state index contributed by atoms with van der Waals surface area (Å²) in [5.74, 6) is 1.63. The molecule has 2 aromatic rings. The summed E-state index contributed by atoms with van der Waals surface area (Å²) < 4.78 is 5.86. The summed E-state index contributed by atoms with van der Waals surface area (Å²) in [6, 6.07) is 10.7. The zero-order chi connectivity index (χ0) is 12.5. The predicted molar refractivity (Wildman–Crippen MR) is 80.5 cm³/mol. The topological polar surface area (TPSA) is 42.4 Å². The van der Waals surface area contributed by atoms with Crippen LogP contribution in [0, 0.1) is 5.92 Å². The number of likely N-dealkylation sites (tertiary alicyclic amines) is 1. The maximum Gasteiger partial charge on any atom is 0.134 e. The van der Waals surface area contributed by atoms with Crippen LogP contribution in [0.3, 0.4) is 0 Å². The second-order valence-electron chi connectivity index (χ2n) is 5.42. The van der Waals surface area contributed by atoms with E-state index in [9.17, 15) is 0 Å². The highest BCUT2D eigenvalue weighted by atomic mass is 35.5. The van der Waals surface area contributed by atoms with E-state index in [0.717, 1.165) is 37.4 Å². The van der Waals surface area contributed by atoms with Gasteiger partial charge in [-0.1, -0.05) is 25.1 Å². The highest BCUT2D eigenvalue weighted by Gasteiger charge is 2.23. The lowest BCUT2D eigenvalue weighted by Crippen LogP contribution is -2.45. The molecular weight excluding hydrogens is 260 g/mol. The molecule has 1 aliphatic rings. The number of piperidine rings is 1. The van der Waals surface area contributed by atoms with Gasteiger partial charge in [-0.3, -0.25) is 4.90 Å². The Bertz CT molecular complexity index is 507. The molecule has 3 nitrogen and oxygen atoms in total. The molecule has 2 N–H and O–H groups in total. The second kappa shape index (κ2) is 5.95. The van der Waals surface area contributed by atoms with Crippen molar-refractivity contribution in [2.24, 2.45) is 11.7 Å². The average Bonchev–Trinajstić information content (AvgIpc) is 2.76. The number of hydrogen-bond donors (Lipinski definition) is 1. The fraction of sp³-hybridized carbons (Fsp3) is 0.467. The zero-order valence-electron chi connectivity index (χ0n) is 11.2. The van der Waals surface area contributed by atoms with Gasteiger partial charge >= 0.3 is 0 Å². The van der Waals surface area contributed by atoms with Gasteiger partial charge in [0.25, 0.3) is 0 Å². The number of nitrogens with zero attached hydrogens (tertiary/aromatic N) is 1. The van der Waals surface area contributed by atoms with Crippen LogP contribution in [-0.2, 0) is 6.54 Å². The van der Waals surface area contributed by atoms with Crippen LogP contribution in [-0.4, -0.2) is 24.0 Å². The Balaban J connectivity index is 0.00000133. The van der Waals surface area contributed by atoms with E-state index in [4.69, 9.17) is 10.2 Å². The molecule has 1 fully saturated rings. The second-order valence-corrected chi connectivity index (χ2v) is 5.42. The van der Waals surface area contributed by atoms with Gasteiger partial charge in [-0.2, -0.15) is 0 Å². The summed E-state index contributed by atoms with van der Waals surface area (Å²) >= 11 is 0. The highest BCUT2D eigenvalue weighted by molar-refractivity contribution is 5.85. The van der Waals surface area contributed by atoms with E-state index in [-0.39, 0.29) is 12.4 Å². The Morgan fingerprint density at radius 2 is 2.16 bits per heavy atom. The molecule has 0 aliphatic carbocycles. The summed E-state index contributed by atoms with van der Waals surface area (Å²) in [7, 11) is 0. The van der Waals surface area contributed by atoms with E-state index in [0.29, 0.717) is 12.0 Å². The smallest absolute Gasteiger partial charge is 0.134 e. The van der Waals surface area contributed by atoms with Gasteiger partial charge < -0.3 is 10.2 Å². The SMILES string of the molecule is CC1CN(Cc2cc3ccccc3o2)CCC1N.Cl. The maximum absolute atomic E-state index is 6.05. The number of para-hydroxylation sites is 1. The van der Waals surface area contributed by atoms with E-state index < -0.39 is 0 Å². The van der Waals surface area contributed by atoms with Crippen LogP contribution in [0.25, 0.3) is 11.0 Å². The summed E-state index contributed by atoms with van der Waals surface area (Å²) in [6.07, 6.45) is 1.08. The number of nitrogens with two attached hydrogens (primary N) is 1. The minimum atomic E-state index is 0. The number of halogens is 1. The lowest BCUT2D eigenvalue weighted by molar-refractivity contribution is 0.149. The Morgan fingerprint density at radius 1 is 1.37 bits per heavy atom. The molecule has 2 atom stereocenters. The Kier molecular flexibility index (Phi) is 4.50. The number of furan rings is 1. The van der Waals surface area contributed by atoms with E-state index in [1.54, 1.807) is 0 Å². The molecule has 4 heteroatoms. The first kappa shape index (κ1) is 14.4. The Hall–Kier alpha value is -1.03. The van der Waals surface area contributed by atoms with E-state index >= 15 is 0 Å². The summed E-state index contributed by atoms with van der Waals surface area (Å²) in [5.41, 5.74) is 7.03. The molecule has 104 valence electrons. The summed E-state index contributed by atoms with van der Waals surface area (Å²) in [6.45, 7) is 5.27.